The molecule has 3 atom stereocenters. The first kappa shape index (κ1) is 24.8. The van der Waals surface area contributed by atoms with E-state index in [0.29, 0.717) is 25.7 Å². The van der Waals surface area contributed by atoms with Crippen molar-refractivity contribution < 1.29 is 24.2 Å². The minimum atomic E-state index is -1.21. The first-order valence-corrected chi connectivity index (χ1v) is 12.4. The van der Waals surface area contributed by atoms with Crippen molar-refractivity contribution in [3.05, 3.63) is 59.7 Å². The summed E-state index contributed by atoms with van der Waals surface area (Å²) in [6.45, 7) is 5.43. The number of carbonyl (C=O) groups is 3. The lowest BCUT2D eigenvalue weighted by molar-refractivity contribution is -0.149. The molecule has 0 aromatic heterocycles. The molecule has 0 aliphatic heterocycles. The third kappa shape index (κ3) is 4.64. The number of hydrogen-bond donors (Lipinski definition) is 3. The number of carboxylic acids is 1. The third-order valence-electron chi connectivity index (χ3n) is 7.72. The van der Waals surface area contributed by atoms with Crippen molar-refractivity contribution in [3.63, 3.8) is 0 Å². The van der Waals surface area contributed by atoms with Gasteiger partial charge in [-0.15, -0.1) is 0 Å². The molecule has 2 aromatic rings. The van der Waals surface area contributed by atoms with Crippen LogP contribution in [0.1, 0.15) is 69.9 Å². The van der Waals surface area contributed by atoms with E-state index in [2.05, 4.69) is 34.9 Å². The van der Waals surface area contributed by atoms with Crippen LogP contribution in [0, 0.1) is 5.41 Å². The Balaban J connectivity index is 1.44. The number of fused-ring (bicyclic) bond motifs is 3. The van der Waals surface area contributed by atoms with E-state index in [9.17, 15) is 19.5 Å². The molecule has 2 aliphatic rings. The Bertz CT molecular complexity index is 1090. The highest BCUT2D eigenvalue weighted by Crippen LogP contribution is 2.44. The van der Waals surface area contributed by atoms with Gasteiger partial charge in [-0.25, -0.2) is 4.79 Å². The molecular weight excluding hydrogens is 444 g/mol. The van der Waals surface area contributed by atoms with Gasteiger partial charge in [0.1, 0.15) is 12.1 Å². The smallest absolute Gasteiger partial charge is 0.408 e. The molecule has 2 amide bonds. The van der Waals surface area contributed by atoms with Gasteiger partial charge >= 0.3 is 12.1 Å². The zero-order valence-electron chi connectivity index (χ0n) is 20.6. The number of benzene rings is 2. The summed E-state index contributed by atoms with van der Waals surface area (Å²) < 4.78 is 5.66. The highest BCUT2D eigenvalue weighted by molar-refractivity contribution is 5.90. The summed E-state index contributed by atoms with van der Waals surface area (Å²) >= 11 is 0. The lowest BCUT2D eigenvalue weighted by Gasteiger charge is -2.34. The molecule has 2 aromatic carbocycles. The molecule has 3 N–H and O–H groups in total. The predicted octanol–water partition coefficient (Wildman–Crippen LogP) is 4.84. The number of amides is 2. The van der Waals surface area contributed by atoms with Crippen LogP contribution >= 0.6 is 0 Å². The molecule has 4 rings (SSSR count). The standard InChI is InChI=1S/C28H34N2O5/c1-4-15-28(3,24(31)29-23-14-9-16-27(23,2)25(32)33)30-26(34)35-17-22-20-12-7-5-10-18(20)19-11-6-8-13-21(19)22/h5-8,10-13,22-23H,4,9,14-17H2,1-3H3,(H,29,31)(H,30,34)(H,32,33). The number of ether oxygens (including phenoxy) is 1. The highest BCUT2D eigenvalue weighted by atomic mass is 16.5. The summed E-state index contributed by atoms with van der Waals surface area (Å²) in [6.07, 6.45) is 2.25. The molecule has 7 heteroatoms. The number of alkyl carbamates (subject to hydrolysis) is 1. The lowest BCUT2D eigenvalue weighted by Crippen LogP contribution is -2.60. The predicted molar refractivity (Wildman–Crippen MR) is 133 cm³/mol. The Morgan fingerprint density at radius 2 is 1.69 bits per heavy atom. The fraction of sp³-hybridized carbons (Fsp3) is 0.464. The van der Waals surface area contributed by atoms with E-state index in [1.54, 1.807) is 13.8 Å². The largest absolute Gasteiger partial charge is 0.481 e. The summed E-state index contributed by atoms with van der Waals surface area (Å²) in [5.41, 5.74) is 2.30. The molecule has 0 saturated heterocycles. The van der Waals surface area contributed by atoms with Gasteiger partial charge in [0.2, 0.25) is 5.91 Å². The van der Waals surface area contributed by atoms with Gasteiger partial charge in [0, 0.05) is 12.0 Å². The molecule has 0 heterocycles. The second-order valence-corrected chi connectivity index (χ2v) is 10.2. The Morgan fingerprint density at radius 3 is 2.26 bits per heavy atom. The maximum Gasteiger partial charge on any atom is 0.408 e. The van der Waals surface area contributed by atoms with Gasteiger partial charge < -0.3 is 20.5 Å². The maximum atomic E-state index is 13.3. The van der Waals surface area contributed by atoms with Crippen LogP contribution in [0.2, 0.25) is 0 Å². The van der Waals surface area contributed by atoms with E-state index in [0.717, 1.165) is 28.7 Å². The molecule has 1 fully saturated rings. The molecular formula is C28H34N2O5. The van der Waals surface area contributed by atoms with Crippen LogP contribution in [-0.2, 0) is 14.3 Å². The first-order valence-electron chi connectivity index (χ1n) is 12.4. The molecule has 7 nitrogen and oxygen atoms in total. The second-order valence-electron chi connectivity index (χ2n) is 10.2. The van der Waals surface area contributed by atoms with Crippen molar-refractivity contribution in [1.29, 1.82) is 0 Å². The van der Waals surface area contributed by atoms with Crippen molar-refractivity contribution in [3.8, 4) is 11.1 Å². The molecule has 2 aliphatic carbocycles. The number of nitrogens with one attached hydrogen (secondary N) is 2. The van der Waals surface area contributed by atoms with Crippen LogP contribution in [-0.4, -0.2) is 41.3 Å². The van der Waals surface area contributed by atoms with Crippen LogP contribution in [0.4, 0.5) is 4.79 Å². The van der Waals surface area contributed by atoms with Gasteiger partial charge in [-0.1, -0.05) is 68.3 Å². The van der Waals surface area contributed by atoms with E-state index in [1.165, 1.54) is 0 Å². The van der Waals surface area contributed by atoms with Crippen molar-refractivity contribution in [2.24, 2.45) is 5.41 Å². The number of rotatable bonds is 8. The average molecular weight is 479 g/mol. The number of hydrogen-bond acceptors (Lipinski definition) is 4. The van der Waals surface area contributed by atoms with Crippen LogP contribution in [0.15, 0.2) is 48.5 Å². The van der Waals surface area contributed by atoms with E-state index in [-0.39, 0.29) is 18.4 Å². The molecule has 186 valence electrons. The first-order chi connectivity index (χ1) is 16.7. The third-order valence-corrected chi connectivity index (χ3v) is 7.72. The fourth-order valence-corrected chi connectivity index (χ4v) is 5.56. The minimum absolute atomic E-state index is 0.0748. The second kappa shape index (κ2) is 9.72. The molecule has 0 bridgehead atoms. The number of carboxylic acid groups (broad SMARTS) is 1. The molecule has 0 radical (unpaired) electrons. The van der Waals surface area contributed by atoms with Crippen LogP contribution in [0.25, 0.3) is 11.1 Å². The normalized spacial score (nSPS) is 22.5. The zero-order valence-corrected chi connectivity index (χ0v) is 20.6. The SMILES string of the molecule is CCCC(C)(NC(=O)OCC1c2ccccc2-c2ccccc21)C(=O)NC1CCCC1(C)C(=O)O. The van der Waals surface area contributed by atoms with E-state index in [4.69, 9.17) is 4.74 Å². The Morgan fingerprint density at radius 1 is 1.09 bits per heavy atom. The topological polar surface area (TPSA) is 105 Å². The van der Waals surface area contributed by atoms with Gasteiger partial charge in [-0.2, -0.15) is 0 Å². The summed E-state index contributed by atoms with van der Waals surface area (Å²) in [4.78, 5) is 38.0. The molecule has 1 saturated carbocycles. The molecule has 35 heavy (non-hydrogen) atoms. The number of aliphatic carboxylic acids is 1. The number of carbonyl (C=O) groups excluding carboxylic acids is 2. The van der Waals surface area contributed by atoms with Gasteiger partial charge in [-0.05, 0) is 55.4 Å². The Hall–Kier alpha value is -3.35. The van der Waals surface area contributed by atoms with Crippen molar-refractivity contribution in [2.45, 2.75) is 70.4 Å². The summed E-state index contributed by atoms with van der Waals surface area (Å²) in [5.74, 6) is -1.37. The molecule has 0 spiro atoms. The van der Waals surface area contributed by atoms with Crippen molar-refractivity contribution in [1.82, 2.24) is 10.6 Å². The van der Waals surface area contributed by atoms with E-state index < -0.39 is 29.1 Å². The molecule has 3 unspecified atom stereocenters. The average Bonchev–Trinajstić information content (AvgIpc) is 3.36. The van der Waals surface area contributed by atoms with Gasteiger partial charge in [0.15, 0.2) is 0 Å². The summed E-state index contributed by atoms with van der Waals surface area (Å²) in [7, 11) is 0. The Kier molecular flexibility index (Phi) is 6.88. The van der Waals surface area contributed by atoms with Gasteiger partial charge in [0.25, 0.3) is 0 Å². The van der Waals surface area contributed by atoms with Crippen molar-refractivity contribution >= 4 is 18.0 Å². The maximum absolute atomic E-state index is 13.3. The Labute approximate surface area is 206 Å². The quantitative estimate of drug-likeness (QED) is 0.503. The van der Waals surface area contributed by atoms with Crippen LogP contribution in [0.5, 0.6) is 0 Å². The van der Waals surface area contributed by atoms with Crippen LogP contribution < -0.4 is 10.6 Å². The van der Waals surface area contributed by atoms with Gasteiger partial charge in [0.05, 0.1) is 5.41 Å². The lowest BCUT2D eigenvalue weighted by atomic mass is 9.84. The monoisotopic (exact) mass is 478 g/mol. The minimum Gasteiger partial charge on any atom is -0.481 e. The van der Waals surface area contributed by atoms with Crippen molar-refractivity contribution in [2.75, 3.05) is 6.61 Å². The summed E-state index contributed by atoms with van der Waals surface area (Å²) in [5, 5.41) is 15.4. The zero-order chi connectivity index (χ0) is 25.2. The van der Waals surface area contributed by atoms with E-state index >= 15 is 0 Å². The fourth-order valence-electron chi connectivity index (χ4n) is 5.56. The van der Waals surface area contributed by atoms with E-state index in [1.807, 2.05) is 31.2 Å². The summed E-state index contributed by atoms with van der Waals surface area (Å²) in [6, 6.07) is 15.7. The highest BCUT2D eigenvalue weighted by Gasteiger charge is 2.48. The van der Waals surface area contributed by atoms with Gasteiger partial charge in [-0.3, -0.25) is 9.59 Å². The van der Waals surface area contributed by atoms with Crippen LogP contribution in [0.3, 0.4) is 0 Å².